The lowest BCUT2D eigenvalue weighted by atomic mass is 10.0. The summed E-state index contributed by atoms with van der Waals surface area (Å²) in [7, 11) is 0. The van der Waals surface area contributed by atoms with Gasteiger partial charge in [0, 0.05) is 11.1 Å². The van der Waals surface area contributed by atoms with Crippen LogP contribution in [0.2, 0.25) is 0 Å². The number of aryl methyl sites for hydroxylation is 1. The van der Waals surface area contributed by atoms with E-state index < -0.39 is 23.3 Å². The maximum absolute atomic E-state index is 14.2. The Morgan fingerprint density at radius 2 is 1.48 bits per heavy atom. The van der Waals surface area contributed by atoms with Crippen molar-refractivity contribution in [2.75, 3.05) is 0 Å². The maximum Gasteiger partial charge on any atom is 0.166 e. The molecule has 0 nitrogen and oxygen atoms in total. The van der Waals surface area contributed by atoms with Crippen molar-refractivity contribution in [3.8, 4) is 0 Å². The summed E-state index contributed by atoms with van der Waals surface area (Å²) in [6.07, 6.45) is 5.66. The molecule has 2 rings (SSSR count). The van der Waals surface area contributed by atoms with Crippen molar-refractivity contribution < 1.29 is 17.6 Å². The van der Waals surface area contributed by atoms with Crippen LogP contribution in [0.1, 0.15) is 30.0 Å². The molecule has 120 valence electrons. The molecule has 0 fully saturated rings. The number of hydrogen-bond donors (Lipinski definition) is 0. The van der Waals surface area contributed by atoms with Crippen LogP contribution >= 0.6 is 0 Å². The molecule has 0 heterocycles. The first-order chi connectivity index (χ1) is 11.0. The lowest BCUT2D eigenvalue weighted by molar-refractivity contribution is 0.507. The summed E-state index contributed by atoms with van der Waals surface area (Å²) < 4.78 is 54.2. The highest BCUT2D eigenvalue weighted by atomic mass is 19.2. The van der Waals surface area contributed by atoms with E-state index in [0.29, 0.717) is 6.07 Å². The Bertz CT molecular complexity index is 728. The Labute approximate surface area is 132 Å². The predicted molar refractivity (Wildman–Crippen MR) is 85.0 cm³/mol. The maximum atomic E-state index is 14.2. The van der Waals surface area contributed by atoms with Crippen molar-refractivity contribution in [3.63, 3.8) is 0 Å². The quantitative estimate of drug-likeness (QED) is 0.347. The highest BCUT2D eigenvalue weighted by Crippen LogP contribution is 2.29. The average Bonchev–Trinajstić information content (AvgIpc) is 2.57. The minimum absolute atomic E-state index is 0.0574. The third-order valence-electron chi connectivity index (χ3n) is 3.41. The van der Waals surface area contributed by atoms with Gasteiger partial charge < -0.3 is 0 Å². The zero-order valence-electron chi connectivity index (χ0n) is 12.6. The largest absolute Gasteiger partial charge is 0.204 e. The van der Waals surface area contributed by atoms with Crippen LogP contribution in [0.5, 0.6) is 0 Å². The molecule has 0 saturated heterocycles. The molecule has 0 amide bonds. The topological polar surface area (TPSA) is 0 Å². The van der Waals surface area contributed by atoms with E-state index in [9.17, 15) is 17.6 Å². The Balaban J connectivity index is 2.23. The second-order valence-electron chi connectivity index (χ2n) is 5.06. The second-order valence-corrected chi connectivity index (χ2v) is 5.06. The van der Waals surface area contributed by atoms with Crippen LogP contribution in [-0.4, -0.2) is 0 Å². The molecule has 0 saturated carbocycles. The van der Waals surface area contributed by atoms with Crippen molar-refractivity contribution in [2.45, 2.75) is 19.8 Å². The fourth-order valence-corrected chi connectivity index (χ4v) is 2.12. The van der Waals surface area contributed by atoms with Crippen molar-refractivity contribution in [2.24, 2.45) is 0 Å². The summed E-state index contributed by atoms with van der Waals surface area (Å²) in [4.78, 5) is 0. The van der Waals surface area contributed by atoms with Gasteiger partial charge >= 0.3 is 0 Å². The number of rotatable bonds is 5. The molecule has 2 aromatic rings. The van der Waals surface area contributed by atoms with Crippen LogP contribution < -0.4 is 0 Å². The Hall–Kier alpha value is -2.36. The van der Waals surface area contributed by atoms with Gasteiger partial charge in [-0.1, -0.05) is 36.4 Å². The molecule has 2 aromatic carbocycles. The van der Waals surface area contributed by atoms with Gasteiger partial charge in [0.15, 0.2) is 23.3 Å². The van der Waals surface area contributed by atoms with E-state index in [-0.39, 0.29) is 11.1 Å². The Morgan fingerprint density at radius 3 is 2.09 bits per heavy atom. The predicted octanol–water partition coefficient (Wildman–Crippen LogP) is 6.24. The van der Waals surface area contributed by atoms with Gasteiger partial charge in [-0.25, -0.2) is 17.6 Å². The van der Waals surface area contributed by atoms with E-state index in [1.54, 1.807) is 12.1 Å². The third-order valence-corrected chi connectivity index (χ3v) is 3.41. The molecule has 4 heteroatoms. The summed E-state index contributed by atoms with van der Waals surface area (Å²) in [5, 5.41) is 0. The van der Waals surface area contributed by atoms with Crippen molar-refractivity contribution in [3.05, 3.63) is 82.9 Å². The van der Waals surface area contributed by atoms with Crippen LogP contribution in [0.15, 0.2) is 54.6 Å². The molecule has 0 aliphatic heterocycles. The zero-order chi connectivity index (χ0) is 16.8. The second kappa shape index (κ2) is 7.77. The standard InChI is InChI=1S/C19H16F4/c1-2-3-4-5-13-6-8-14(9-7-13)18(22)19(23)15-10-11-16(20)17(21)12-15/h2-3,6-12H,4-5H2,1H3/b3-2+,19-18?. The van der Waals surface area contributed by atoms with Gasteiger partial charge in [-0.2, -0.15) is 0 Å². The van der Waals surface area contributed by atoms with E-state index >= 15 is 0 Å². The van der Waals surface area contributed by atoms with Gasteiger partial charge in [0.05, 0.1) is 0 Å². The van der Waals surface area contributed by atoms with Gasteiger partial charge in [-0.15, -0.1) is 0 Å². The summed E-state index contributed by atoms with van der Waals surface area (Å²) in [6.45, 7) is 1.93. The highest BCUT2D eigenvalue weighted by molar-refractivity contribution is 5.83. The Kier molecular flexibility index (Phi) is 5.74. The van der Waals surface area contributed by atoms with Crippen LogP contribution in [0.25, 0.3) is 11.7 Å². The Morgan fingerprint density at radius 1 is 0.870 bits per heavy atom. The molecule has 0 radical (unpaired) electrons. The first-order valence-electron chi connectivity index (χ1n) is 7.24. The van der Waals surface area contributed by atoms with Gasteiger partial charge in [0.25, 0.3) is 0 Å². The van der Waals surface area contributed by atoms with Gasteiger partial charge in [-0.05, 0) is 43.5 Å². The number of allylic oxidation sites excluding steroid dienone is 2. The summed E-state index contributed by atoms with van der Waals surface area (Å²) in [5.74, 6) is -4.64. The van der Waals surface area contributed by atoms with E-state index in [2.05, 4.69) is 0 Å². The van der Waals surface area contributed by atoms with Crippen LogP contribution in [0.3, 0.4) is 0 Å². The normalized spacial score (nSPS) is 12.6. The molecule has 0 spiro atoms. The van der Waals surface area contributed by atoms with Gasteiger partial charge in [0.1, 0.15) is 0 Å². The molecule has 23 heavy (non-hydrogen) atoms. The first kappa shape index (κ1) is 17.0. The van der Waals surface area contributed by atoms with E-state index in [4.69, 9.17) is 0 Å². The fourth-order valence-electron chi connectivity index (χ4n) is 2.12. The molecule has 0 unspecified atom stereocenters. The van der Waals surface area contributed by atoms with Gasteiger partial charge in [-0.3, -0.25) is 0 Å². The minimum atomic E-state index is -1.22. The minimum Gasteiger partial charge on any atom is -0.204 e. The van der Waals surface area contributed by atoms with Crippen LogP contribution in [0, 0.1) is 11.6 Å². The highest BCUT2D eigenvalue weighted by Gasteiger charge is 2.13. The molecule has 0 aromatic heterocycles. The zero-order valence-corrected chi connectivity index (χ0v) is 12.6. The number of hydrogen-bond acceptors (Lipinski definition) is 0. The molecule has 0 bridgehead atoms. The van der Waals surface area contributed by atoms with Crippen molar-refractivity contribution in [1.82, 2.24) is 0 Å². The van der Waals surface area contributed by atoms with Crippen molar-refractivity contribution in [1.29, 1.82) is 0 Å². The van der Waals surface area contributed by atoms with E-state index in [1.165, 1.54) is 12.1 Å². The third kappa shape index (κ3) is 4.31. The molecule has 0 atom stereocenters. The number of benzene rings is 2. The molecule has 0 aliphatic rings. The van der Waals surface area contributed by atoms with E-state index in [1.807, 2.05) is 19.1 Å². The van der Waals surface area contributed by atoms with Crippen LogP contribution in [-0.2, 0) is 6.42 Å². The van der Waals surface area contributed by atoms with Crippen molar-refractivity contribution >= 4 is 11.7 Å². The molecular formula is C19H16F4. The smallest absolute Gasteiger partial charge is 0.166 e. The van der Waals surface area contributed by atoms with Crippen LogP contribution in [0.4, 0.5) is 17.6 Å². The first-order valence-corrected chi connectivity index (χ1v) is 7.24. The fraction of sp³-hybridized carbons (Fsp3) is 0.158. The SMILES string of the molecule is C/C=C/CCc1ccc(C(F)=C(F)c2ccc(F)c(F)c2)cc1. The lowest BCUT2D eigenvalue weighted by Gasteiger charge is -2.04. The summed E-state index contributed by atoms with van der Waals surface area (Å²) in [5.41, 5.74) is 0.730. The van der Waals surface area contributed by atoms with Gasteiger partial charge in [0.2, 0.25) is 0 Å². The molecule has 0 N–H and O–H groups in total. The molecular weight excluding hydrogens is 304 g/mol. The monoisotopic (exact) mass is 320 g/mol. The number of halogens is 4. The van der Waals surface area contributed by atoms with E-state index in [0.717, 1.165) is 30.5 Å². The summed E-state index contributed by atoms with van der Waals surface area (Å²) >= 11 is 0. The molecule has 0 aliphatic carbocycles. The lowest BCUT2D eigenvalue weighted by Crippen LogP contribution is -1.90. The summed E-state index contributed by atoms with van der Waals surface area (Å²) in [6, 6.07) is 8.78. The average molecular weight is 320 g/mol.